The number of rotatable bonds is 4. The van der Waals surface area contributed by atoms with Crippen molar-refractivity contribution in [2.75, 3.05) is 32.5 Å². The molecule has 2 heterocycles. The Morgan fingerprint density at radius 1 is 1.24 bits per heavy atom. The van der Waals surface area contributed by atoms with Crippen molar-refractivity contribution in [3.63, 3.8) is 0 Å². The van der Waals surface area contributed by atoms with Gasteiger partial charge in [-0.3, -0.25) is 0 Å². The number of hydrogen-bond acceptors (Lipinski definition) is 8. The third kappa shape index (κ3) is 2.96. The number of esters is 2. The predicted octanol–water partition coefficient (Wildman–Crippen LogP) is 1.78. The molecule has 25 heavy (non-hydrogen) atoms. The Morgan fingerprint density at radius 2 is 2.00 bits per heavy atom. The number of carbonyl (C=O) groups is 2. The number of anilines is 1. The summed E-state index contributed by atoms with van der Waals surface area (Å²) in [5.74, 6) is -0.719. The summed E-state index contributed by atoms with van der Waals surface area (Å²) in [7, 11) is 2.50. The van der Waals surface area contributed by atoms with E-state index in [0.29, 0.717) is 29.1 Å². The van der Waals surface area contributed by atoms with Crippen LogP contribution in [0.1, 0.15) is 12.8 Å². The number of para-hydroxylation sites is 1. The molecule has 1 aliphatic heterocycles. The zero-order chi connectivity index (χ0) is 18.0. The molecule has 1 aromatic heterocycles. The number of benzene rings is 1. The van der Waals surface area contributed by atoms with Crippen molar-refractivity contribution in [1.82, 2.24) is 4.98 Å². The minimum absolute atomic E-state index is 0.0391. The molecular weight excluding hydrogens is 328 g/mol. The SMILES string of the molecule is CCc1nc2c(N3COCC(C(=O)OC)=C3C(=O)OC)cccc2o1. The van der Waals surface area contributed by atoms with E-state index in [9.17, 15) is 9.59 Å². The molecular formula is C17H18N2O6. The molecule has 0 amide bonds. The fraction of sp³-hybridized carbons (Fsp3) is 0.353. The number of aryl methyl sites for hydroxylation is 1. The lowest BCUT2D eigenvalue weighted by Crippen LogP contribution is -2.38. The van der Waals surface area contributed by atoms with Gasteiger partial charge in [0.05, 0.1) is 32.1 Å². The Hall–Kier alpha value is -2.87. The van der Waals surface area contributed by atoms with Crippen LogP contribution < -0.4 is 4.90 Å². The molecule has 3 rings (SSSR count). The number of carbonyl (C=O) groups excluding carboxylic acids is 2. The molecule has 0 saturated carbocycles. The van der Waals surface area contributed by atoms with Crippen molar-refractivity contribution in [2.45, 2.75) is 13.3 Å². The number of aromatic nitrogens is 1. The summed E-state index contributed by atoms with van der Waals surface area (Å²) in [6.45, 7) is 1.96. The second-order valence-corrected chi connectivity index (χ2v) is 5.30. The first-order valence-electron chi connectivity index (χ1n) is 7.74. The minimum Gasteiger partial charge on any atom is -0.466 e. The molecule has 0 saturated heterocycles. The minimum atomic E-state index is -0.653. The number of hydrogen-bond donors (Lipinski definition) is 0. The smallest absolute Gasteiger partial charge is 0.355 e. The number of fused-ring (bicyclic) bond motifs is 1. The maximum Gasteiger partial charge on any atom is 0.355 e. The largest absolute Gasteiger partial charge is 0.466 e. The van der Waals surface area contributed by atoms with Crippen molar-refractivity contribution < 1.29 is 28.2 Å². The predicted molar refractivity (Wildman–Crippen MR) is 87.7 cm³/mol. The third-order valence-corrected chi connectivity index (χ3v) is 3.87. The molecule has 0 bridgehead atoms. The fourth-order valence-electron chi connectivity index (χ4n) is 2.68. The topological polar surface area (TPSA) is 91.1 Å². The highest BCUT2D eigenvalue weighted by atomic mass is 16.5. The van der Waals surface area contributed by atoms with Crippen LogP contribution in [0.15, 0.2) is 33.9 Å². The van der Waals surface area contributed by atoms with Crippen LogP contribution in [0.4, 0.5) is 5.69 Å². The summed E-state index contributed by atoms with van der Waals surface area (Å²) in [6.07, 6.45) is 0.637. The van der Waals surface area contributed by atoms with Gasteiger partial charge in [0.1, 0.15) is 17.9 Å². The van der Waals surface area contributed by atoms with Crippen LogP contribution in [-0.2, 0) is 30.2 Å². The lowest BCUT2D eigenvalue weighted by Gasteiger charge is -2.31. The highest BCUT2D eigenvalue weighted by Gasteiger charge is 2.33. The molecule has 0 atom stereocenters. The van der Waals surface area contributed by atoms with Crippen LogP contribution >= 0.6 is 0 Å². The number of ether oxygens (including phenoxy) is 3. The van der Waals surface area contributed by atoms with E-state index in [1.807, 2.05) is 6.92 Å². The lowest BCUT2D eigenvalue weighted by atomic mass is 10.1. The number of oxazole rings is 1. The Bertz CT molecular complexity index is 854. The summed E-state index contributed by atoms with van der Waals surface area (Å²) < 4.78 is 20.8. The average molecular weight is 346 g/mol. The van der Waals surface area contributed by atoms with E-state index < -0.39 is 11.9 Å². The molecule has 0 fully saturated rings. The monoisotopic (exact) mass is 346 g/mol. The summed E-state index contributed by atoms with van der Waals surface area (Å²) in [6, 6.07) is 5.35. The van der Waals surface area contributed by atoms with Gasteiger partial charge in [0, 0.05) is 6.42 Å². The van der Waals surface area contributed by atoms with Gasteiger partial charge in [-0.05, 0) is 12.1 Å². The first-order chi connectivity index (χ1) is 12.1. The van der Waals surface area contributed by atoms with Gasteiger partial charge < -0.3 is 23.5 Å². The van der Waals surface area contributed by atoms with Crippen LogP contribution in [0, 0.1) is 0 Å². The maximum absolute atomic E-state index is 12.3. The van der Waals surface area contributed by atoms with Crippen molar-refractivity contribution in [2.24, 2.45) is 0 Å². The van der Waals surface area contributed by atoms with Gasteiger partial charge in [0.25, 0.3) is 0 Å². The van der Waals surface area contributed by atoms with Gasteiger partial charge in [-0.15, -0.1) is 0 Å². The van der Waals surface area contributed by atoms with Crippen LogP contribution in [0.3, 0.4) is 0 Å². The van der Waals surface area contributed by atoms with Crippen molar-refractivity contribution in [1.29, 1.82) is 0 Å². The summed E-state index contributed by atoms with van der Waals surface area (Å²) >= 11 is 0. The molecule has 0 N–H and O–H groups in total. The maximum atomic E-state index is 12.3. The number of nitrogens with zero attached hydrogens (tertiary/aromatic N) is 2. The van der Waals surface area contributed by atoms with Crippen LogP contribution in [0.25, 0.3) is 11.1 Å². The highest BCUT2D eigenvalue weighted by Crippen LogP contribution is 2.32. The first kappa shape index (κ1) is 17.0. The van der Waals surface area contributed by atoms with Gasteiger partial charge in [-0.25, -0.2) is 14.6 Å². The zero-order valence-electron chi connectivity index (χ0n) is 14.2. The van der Waals surface area contributed by atoms with Crippen molar-refractivity contribution in [3.8, 4) is 0 Å². The Morgan fingerprint density at radius 3 is 2.68 bits per heavy atom. The lowest BCUT2D eigenvalue weighted by molar-refractivity contribution is -0.140. The number of methoxy groups -OCH3 is 2. The van der Waals surface area contributed by atoms with Crippen molar-refractivity contribution in [3.05, 3.63) is 35.4 Å². The van der Waals surface area contributed by atoms with Gasteiger partial charge in [0.2, 0.25) is 0 Å². The average Bonchev–Trinajstić information content (AvgIpc) is 3.09. The third-order valence-electron chi connectivity index (χ3n) is 3.87. The molecule has 1 aromatic carbocycles. The highest BCUT2D eigenvalue weighted by molar-refractivity contribution is 6.05. The molecule has 0 spiro atoms. The quantitative estimate of drug-likeness (QED) is 0.774. The van der Waals surface area contributed by atoms with E-state index >= 15 is 0 Å². The Balaban J connectivity index is 2.19. The normalized spacial score (nSPS) is 14.8. The van der Waals surface area contributed by atoms with E-state index in [-0.39, 0.29) is 24.6 Å². The molecule has 0 radical (unpaired) electrons. The summed E-state index contributed by atoms with van der Waals surface area (Å²) in [5, 5.41) is 0. The fourth-order valence-corrected chi connectivity index (χ4v) is 2.68. The summed E-state index contributed by atoms with van der Waals surface area (Å²) in [5.41, 5.74) is 1.92. The molecule has 8 nitrogen and oxygen atoms in total. The molecule has 2 aromatic rings. The molecule has 132 valence electrons. The molecule has 0 unspecified atom stereocenters. The second-order valence-electron chi connectivity index (χ2n) is 5.30. The van der Waals surface area contributed by atoms with E-state index in [2.05, 4.69) is 4.98 Å². The van der Waals surface area contributed by atoms with E-state index in [1.165, 1.54) is 14.2 Å². The van der Waals surface area contributed by atoms with Gasteiger partial charge in [-0.2, -0.15) is 0 Å². The van der Waals surface area contributed by atoms with Crippen LogP contribution in [-0.4, -0.2) is 44.5 Å². The van der Waals surface area contributed by atoms with Crippen molar-refractivity contribution >= 4 is 28.7 Å². The molecule has 0 aliphatic carbocycles. The van der Waals surface area contributed by atoms with Crippen LogP contribution in [0.5, 0.6) is 0 Å². The molecule has 8 heteroatoms. The van der Waals surface area contributed by atoms with Gasteiger partial charge >= 0.3 is 11.9 Å². The van der Waals surface area contributed by atoms with Crippen LogP contribution in [0.2, 0.25) is 0 Å². The first-order valence-corrected chi connectivity index (χ1v) is 7.74. The van der Waals surface area contributed by atoms with E-state index in [0.717, 1.165) is 0 Å². The Kier molecular flexibility index (Phi) is 4.71. The zero-order valence-corrected chi connectivity index (χ0v) is 14.2. The molecule has 1 aliphatic rings. The second kappa shape index (κ2) is 6.94. The van der Waals surface area contributed by atoms with Gasteiger partial charge in [0.15, 0.2) is 11.5 Å². The Labute approximate surface area is 144 Å². The standard InChI is InChI=1S/C17H18N2O6/c1-4-13-18-14-11(6-5-7-12(14)25-13)19-9-24-8-10(16(20)22-2)15(19)17(21)23-3/h5-7H,4,8-9H2,1-3H3. The van der Waals surface area contributed by atoms with Gasteiger partial charge in [-0.1, -0.05) is 13.0 Å². The van der Waals surface area contributed by atoms with E-state index in [4.69, 9.17) is 18.6 Å². The summed E-state index contributed by atoms with van der Waals surface area (Å²) in [4.78, 5) is 30.4. The van der Waals surface area contributed by atoms with E-state index in [1.54, 1.807) is 23.1 Å².